The highest BCUT2D eigenvalue weighted by molar-refractivity contribution is 6.35. The normalized spacial score (nSPS) is 16.5. The molecular formula is C24H19Cl2FN6O2. The largest absolute Gasteiger partial charge is 0.486 e. The quantitative estimate of drug-likeness (QED) is 0.360. The van der Waals surface area contributed by atoms with E-state index < -0.39 is 18.2 Å². The number of nitrogens with zero attached hydrogens (tertiary/aromatic N) is 5. The van der Waals surface area contributed by atoms with Crippen molar-refractivity contribution in [2.24, 2.45) is 0 Å². The van der Waals surface area contributed by atoms with Crippen LogP contribution < -0.4 is 9.64 Å². The first-order valence-corrected chi connectivity index (χ1v) is 11.6. The third-order valence-electron chi connectivity index (χ3n) is 5.94. The Morgan fingerprint density at radius 1 is 1.29 bits per heavy atom. The van der Waals surface area contributed by atoms with Crippen molar-refractivity contribution in [1.82, 2.24) is 20.2 Å². The van der Waals surface area contributed by atoms with Crippen LogP contribution in [0.2, 0.25) is 10.0 Å². The van der Waals surface area contributed by atoms with Crippen LogP contribution in [-0.4, -0.2) is 44.5 Å². The van der Waals surface area contributed by atoms with E-state index in [0.29, 0.717) is 53.5 Å². The Labute approximate surface area is 209 Å². The summed E-state index contributed by atoms with van der Waals surface area (Å²) in [7, 11) is 0. The van der Waals surface area contributed by atoms with Gasteiger partial charge in [0.15, 0.2) is 0 Å². The van der Waals surface area contributed by atoms with Crippen LogP contribution in [0.15, 0.2) is 36.7 Å². The van der Waals surface area contributed by atoms with Gasteiger partial charge in [0.2, 0.25) is 5.95 Å². The highest BCUT2D eigenvalue weighted by Crippen LogP contribution is 2.36. The van der Waals surface area contributed by atoms with Crippen LogP contribution in [0.3, 0.4) is 0 Å². The average molecular weight is 513 g/mol. The molecule has 4 aromatic rings. The molecule has 1 fully saturated rings. The summed E-state index contributed by atoms with van der Waals surface area (Å²) in [6.07, 6.45) is 2.42. The van der Waals surface area contributed by atoms with Crippen molar-refractivity contribution < 1.29 is 14.2 Å². The number of benzene rings is 1. The van der Waals surface area contributed by atoms with E-state index in [1.165, 1.54) is 6.20 Å². The van der Waals surface area contributed by atoms with Crippen LogP contribution in [0.1, 0.15) is 30.6 Å². The molecule has 3 aromatic heterocycles. The van der Waals surface area contributed by atoms with E-state index in [-0.39, 0.29) is 10.0 Å². The third kappa shape index (κ3) is 4.36. The molecule has 1 aliphatic rings. The number of halogens is 3. The molecule has 2 atom stereocenters. The summed E-state index contributed by atoms with van der Waals surface area (Å²) >= 11 is 12.3. The van der Waals surface area contributed by atoms with Gasteiger partial charge in [-0.05, 0) is 37.6 Å². The molecule has 11 heteroatoms. The van der Waals surface area contributed by atoms with Crippen LogP contribution >= 0.6 is 23.2 Å². The minimum Gasteiger partial charge on any atom is -0.486 e. The molecule has 1 aliphatic heterocycles. The predicted octanol–water partition coefficient (Wildman–Crippen LogP) is 5.05. The molecule has 1 saturated heterocycles. The Bertz CT molecular complexity index is 1470. The molecule has 0 aliphatic carbocycles. The number of aromatic nitrogens is 4. The first-order valence-electron chi connectivity index (χ1n) is 10.8. The molecule has 0 saturated carbocycles. The zero-order valence-electron chi connectivity index (χ0n) is 18.5. The van der Waals surface area contributed by atoms with Crippen LogP contribution in [0.5, 0.6) is 5.75 Å². The summed E-state index contributed by atoms with van der Waals surface area (Å²) in [5.41, 5.74) is 2.72. The number of H-pyrrole nitrogens is 1. The third-order valence-corrected chi connectivity index (χ3v) is 6.60. The molecule has 1 aromatic carbocycles. The van der Waals surface area contributed by atoms with Crippen LogP contribution in [0.4, 0.5) is 10.2 Å². The number of hydrogen-bond donors (Lipinski definition) is 2. The molecule has 0 unspecified atom stereocenters. The number of ether oxygens (including phenoxy) is 1. The van der Waals surface area contributed by atoms with E-state index in [9.17, 15) is 14.8 Å². The highest BCUT2D eigenvalue weighted by Gasteiger charge is 2.24. The number of aromatic amines is 1. The zero-order valence-corrected chi connectivity index (χ0v) is 20.0. The van der Waals surface area contributed by atoms with Gasteiger partial charge in [-0.3, -0.25) is 5.10 Å². The van der Waals surface area contributed by atoms with Gasteiger partial charge >= 0.3 is 0 Å². The molecule has 5 rings (SSSR count). The van der Waals surface area contributed by atoms with Crippen LogP contribution in [0.25, 0.3) is 22.2 Å². The number of anilines is 1. The van der Waals surface area contributed by atoms with Crippen molar-refractivity contribution >= 4 is 39.9 Å². The molecule has 178 valence electrons. The Balaban J connectivity index is 1.47. The lowest BCUT2D eigenvalue weighted by molar-refractivity contribution is 0.198. The molecule has 0 amide bonds. The van der Waals surface area contributed by atoms with E-state index in [0.717, 1.165) is 10.9 Å². The molecule has 0 radical (unpaired) electrons. The van der Waals surface area contributed by atoms with Crippen molar-refractivity contribution in [1.29, 1.82) is 5.26 Å². The number of nitrogens with one attached hydrogen (secondary N) is 1. The first-order chi connectivity index (χ1) is 16.9. The van der Waals surface area contributed by atoms with Gasteiger partial charge in [-0.25, -0.2) is 9.97 Å². The number of β-amino-alcohol motifs (C(OH)–C–C–N with tert-alkyl or cyclic N) is 1. The average Bonchev–Trinajstić information content (AvgIpc) is 3.47. The van der Waals surface area contributed by atoms with E-state index in [2.05, 4.69) is 26.2 Å². The van der Waals surface area contributed by atoms with Gasteiger partial charge in [-0.2, -0.15) is 14.8 Å². The minimum atomic E-state index is -0.818. The molecule has 8 nitrogen and oxygen atoms in total. The Hall–Kier alpha value is -3.45. The zero-order chi connectivity index (χ0) is 24.7. The summed E-state index contributed by atoms with van der Waals surface area (Å²) in [6, 6.07) is 9.29. The van der Waals surface area contributed by atoms with E-state index in [1.807, 2.05) is 11.0 Å². The fourth-order valence-electron chi connectivity index (χ4n) is 4.23. The lowest BCUT2D eigenvalue weighted by Gasteiger charge is -2.18. The maximum atomic E-state index is 13.9. The number of hydrogen-bond acceptors (Lipinski definition) is 7. The van der Waals surface area contributed by atoms with Gasteiger partial charge < -0.3 is 14.7 Å². The Morgan fingerprint density at radius 2 is 2.11 bits per heavy atom. The van der Waals surface area contributed by atoms with Crippen molar-refractivity contribution in [3.8, 4) is 23.1 Å². The van der Waals surface area contributed by atoms with Gasteiger partial charge in [0.1, 0.15) is 34.5 Å². The number of aliphatic hydroxyl groups is 1. The lowest BCUT2D eigenvalue weighted by Crippen LogP contribution is -2.23. The second-order valence-corrected chi connectivity index (χ2v) is 9.04. The van der Waals surface area contributed by atoms with Gasteiger partial charge in [0, 0.05) is 42.0 Å². The number of aliphatic hydroxyl groups excluding tert-OH is 1. The summed E-state index contributed by atoms with van der Waals surface area (Å²) in [6.45, 7) is 2.80. The summed E-state index contributed by atoms with van der Waals surface area (Å²) in [4.78, 5) is 9.92. The van der Waals surface area contributed by atoms with Crippen molar-refractivity contribution in [3.63, 3.8) is 0 Å². The standard InChI is InChI=1S/C24H19Cl2FN6O2/c1-12(20-18(25)10-29-23(27)21(20)26)35-16-2-3-19-17(7-16)22(32-31-19)14-6-13(8-28)24(30-9-14)33-5-4-15(34)11-33/h2-3,6-7,9-10,12,15,34H,4-5,11H2,1H3,(H,31,32)/t12-,15+/m1/s1. The van der Waals surface area contributed by atoms with Crippen LogP contribution in [0, 0.1) is 17.3 Å². The van der Waals surface area contributed by atoms with Crippen LogP contribution in [-0.2, 0) is 0 Å². The minimum absolute atomic E-state index is 0.184. The number of fused-ring (bicyclic) bond motifs is 1. The maximum Gasteiger partial charge on any atom is 0.232 e. The maximum absolute atomic E-state index is 13.9. The van der Waals surface area contributed by atoms with E-state index >= 15 is 0 Å². The summed E-state index contributed by atoms with van der Waals surface area (Å²) in [5.74, 6) is 0.221. The van der Waals surface area contributed by atoms with E-state index in [1.54, 1.807) is 31.3 Å². The van der Waals surface area contributed by atoms with Crippen molar-refractivity contribution in [2.75, 3.05) is 18.0 Å². The van der Waals surface area contributed by atoms with Crippen molar-refractivity contribution in [3.05, 3.63) is 63.8 Å². The second-order valence-electron chi connectivity index (χ2n) is 8.26. The van der Waals surface area contributed by atoms with Gasteiger partial charge in [0.05, 0.1) is 22.2 Å². The number of rotatable bonds is 5. The van der Waals surface area contributed by atoms with E-state index in [4.69, 9.17) is 27.9 Å². The fraction of sp³-hybridized carbons (Fsp3) is 0.250. The van der Waals surface area contributed by atoms with Gasteiger partial charge in [-0.1, -0.05) is 23.2 Å². The highest BCUT2D eigenvalue weighted by atomic mass is 35.5. The van der Waals surface area contributed by atoms with Gasteiger partial charge in [0.25, 0.3) is 0 Å². The topological polar surface area (TPSA) is 111 Å². The Morgan fingerprint density at radius 3 is 2.86 bits per heavy atom. The lowest BCUT2D eigenvalue weighted by atomic mass is 10.1. The number of nitriles is 1. The Kier molecular flexibility index (Phi) is 6.19. The monoisotopic (exact) mass is 512 g/mol. The predicted molar refractivity (Wildman–Crippen MR) is 130 cm³/mol. The first kappa shape index (κ1) is 23.3. The fourth-order valence-corrected chi connectivity index (χ4v) is 4.88. The smallest absolute Gasteiger partial charge is 0.232 e. The molecule has 0 spiro atoms. The molecule has 35 heavy (non-hydrogen) atoms. The summed E-state index contributed by atoms with van der Waals surface area (Å²) < 4.78 is 19.9. The van der Waals surface area contributed by atoms with Crippen molar-refractivity contribution in [2.45, 2.75) is 25.6 Å². The molecule has 4 heterocycles. The molecular weight excluding hydrogens is 494 g/mol. The SMILES string of the molecule is C[C@@H](Oc1ccc2[nH]nc(-c3cnc(N4CC[C@H](O)C4)c(C#N)c3)c2c1)c1c(Cl)cnc(F)c1Cl. The summed E-state index contributed by atoms with van der Waals surface area (Å²) in [5, 5.41) is 27.7. The molecule has 2 N–H and O–H groups in total. The van der Waals surface area contributed by atoms with Gasteiger partial charge in [-0.15, -0.1) is 0 Å². The molecule has 0 bridgehead atoms. The second kappa shape index (κ2) is 9.30. The number of pyridine rings is 2.